The third-order valence-electron chi connectivity index (χ3n) is 11.3. The standard InChI is InChI=1S/C43H56ClN5O4Si/c1-43(2)14-12-33(37(28-43)31-6-8-34(44)9-7-31)29-46-16-18-47(19-17-46)35-10-11-36(42(50)51)39(27-35)49-21-23-53-30-38-40(49)26-32-13-15-48(41(32)45-38)20-22-52-24-25-54(3,4)5/h6-11,13,15,26-27H,12,14,16-25,28-30H2,1-5H3,(H,50,51). The Morgan fingerprint density at radius 3 is 2.50 bits per heavy atom. The number of aromatic nitrogens is 2. The fourth-order valence-electron chi connectivity index (χ4n) is 8.02. The molecule has 0 radical (unpaired) electrons. The van der Waals surface area contributed by atoms with Crippen molar-refractivity contribution in [3.8, 4) is 0 Å². The molecule has 0 saturated carbocycles. The monoisotopic (exact) mass is 769 g/mol. The summed E-state index contributed by atoms with van der Waals surface area (Å²) in [6.45, 7) is 20.0. The molecule has 0 spiro atoms. The number of nitrogens with zero attached hydrogens (tertiary/aromatic N) is 5. The molecule has 0 atom stereocenters. The molecule has 288 valence electrons. The average Bonchev–Trinajstić information content (AvgIpc) is 3.40. The Morgan fingerprint density at radius 2 is 1.76 bits per heavy atom. The Hall–Kier alpha value is -3.67. The van der Waals surface area contributed by atoms with Gasteiger partial charge in [0.15, 0.2) is 0 Å². The van der Waals surface area contributed by atoms with Gasteiger partial charge in [-0.1, -0.05) is 62.8 Å². The van der Waals surface area contributed by atoms with Crippen molar-refractivity contribution >= 4 is 59.3 Å². The van der Waals surface area contributed by atoms with Crippen LogP contribution in [-0.4, -0.2) is 92.7 Å². The molecule has 54 heavy (non-hydrogen) atoms. The van der Waals surface area contributed by atoms with Crippen molar-refractivity contribution in [2.24, 2.45) is 5.41 Å². The summed E-state index contributed by atoms with van der Waals surface area (Å²) in [5, 5.41) is 12.2. The van der Waals surface area contributed by atoms with Crippen LogP contribution in [0.15, 0.2) is 66.4 Å². The van der Waals surface area contributed by atoms with Gasteiger partial charge in [-0.15, -0.1) is 0 Å². The zero-order valence-electron chi connectivity index (χ0n) is 32.7. The number of ether oxygens (including phenoxy) is 2. The summed E-state index contributed by atoms with van der Waals surface area (Å²) >= 11 is 6.25. The number of halogens is 1. The normalized spacial score (nSPS) is 18.3. The zero-order valence-corrected chi connectivity index (χ0v) is 34.4. The predicted molar refractivity (Wildman–Crippen MR) is 223 cm³/mol. The third-order valence-corrected chi connectivity index (χ3v) is 13.2. The molecule has 4 aromatic rings. The van der Waals surface area contributed by atoms with Crippen LogP contribution in [0.3, 0.4) is 0 Å². The van der Waals surface area contributed by atoms with Gasteiger partial charge in [0, 0.05) is 82.8 Å². The van der Waals surface area contributed by atoms with E-state index in [4.69, 9.17) is 26.1 Å². The van der Waals surface area contributed by atoms with Crippen LogP contribution in [0.2, 0.25) is 30.7 Å². The molecule has 2 aromatic carbocycles. The molecule has 2 aliphatic heterocycles. The molecule has 2 aromatic heterocycles. The molecule has 0 unspecified atom stereocenters. The van der Waals surface area contributed by atoms with Crippen LogP contribution in [-0.2, 0) is 22.6 Å². The molecule has 7 rings (SSSR count). The van der Waals surface area contributed by atoms with Crippen LogP contribution in [0.25, 0.3) is 16.6 Å². The number of rotatable bonds is 12. The number of carbonyl (C=O) groups is 1. The molecule has 9 nitrogen and oxygen atoms in total. The van der Waals surface area contributed by atoms with Crippen LogP contribution in [0.5, 0.6) is 0 Å². The van der Waals surface area contributed by atoms with Gasteiger partial charge >= 0.3 is 5.97 Å². The lowest BCUT2D eigenvalue weighted by atomic mass is 9.72. The van der Waals surface area contributed by atoms with Crippen molar-refractivity contribution in [1.82, 2.24) is 14.5 Å². The van der Waals surface area contributed by atoms with Gasteiger partial charge in [-0.2, -0.15) is 0 Å². The minimum Gasteiger partial charge on any atom is -0.478 e. The Labute approximate surface area is 326 Å². The van der Waals surface area contributed by atoms with Crippen LogP contribution in [0, 0.1) is 5.41 Å². The molecule has 4 heterocycles. The number of carboxylic acid groups (broad SMARTS) is 1. The predicted octanol–water partition coefficient (Wildman–Crippen LogP) is 9.20. The Balaban J connectivity index is 1.08. The minimum atomic E-state index is -1.13. The van der Waals surface area contributed by atoms with E-state index in [0.29, 0.717) is 32.1 Å². The highest BCUT2D eigenvalue weighted by Gasteiger charge is 2.30. The van der Waals surface area contributed by atoms with E-state index in [9.17, 15) is 9.90 Å². The van der Waals surface area contributed by atoms with Crippen molar-refractivity contribution in [2.45, 2.75) is 71.9 Å². The van der Waals surface area contributed by atoms with Crippen LogP contribution in [0.1, 0.15) is 54.7 Å². The van der Waals surface area contributed by atoms with E-state index in [1.165, 1.54) is 17.6 Å². The van der Waals surface area contributed by atoms with E-state index < -0.39 is 14.0 Å². The summed E-state index contributed by atoms with van der Waals surface area (Å²) in [7, 11) is -1.13. The number of allylic oxidation sites excluding steroid dienone is 1. The quantitative estimate of drug-likeness (QED) is 0.113. The first-order chi connectivity index (χ1) is 25.8. The fourth-order valence-corrected chi connectivity index (χ4v) is 8.90. The average molecular weight is 770 g/mol. The van der Waals surface area contributed by atoms with Crippen molar-refractivity contribution < 1.29 is 19.4 Å². The number of aromatic carboxylic acids is 1. The van der Waals surface area contributed by atoms with Gasteiger partial charge in [0.05, 0.1) is 42.5 Å². The number of pyridine rings is 1. The second-order valence-electron chi connectivity index (χ2n) is 17.2. The molecular weight excluding hydrogens is 714 g/mol. The maximum absolute atomic E-state index is 12.7. The second kappa shape index (κ2) is 16.2. The lowest BCUT2D eigenvalue weighted by Gasteiger charge is -2.39. The van der Waals surface area contributed by atoms with Crippen molar-refractivity contribution in [3.63, 3.8) is 0 Å². The number of benzene rings is 2. The van der Waals surface area contributed by atoms with Crippen LogP contribution < -0.4 is 9.80 Å². The van der Waals surface area contributed by atoms with Gasteiger partial charge in [-0.05, 0) is 84.3 Å². The Kier molecular flexibility index (Phi) is 11.6. The second-order valence-corrected chi connectivity index (χ2v) is 23.3. The highest BCUT2D eigenvalue weighted by atomic mass is 35.5. The zero-order chi connectivity index (χ0) is 38.0. The lowest BCUT2D eigenvalue weighted by molar-refractivity contribution is 0.0697. The molecule has 1 N–H and O–H groups in total. The van der Waals surface area contributed by atoms with Gasteiger partial charge in [-0.3, -0.25) is 4.90 Å². The van der Waals surface area contributed by atoms with Gasteiger partial charge in [-0.25, -0.2) is 9.78 Å². The van der Waals surface area contributed by atoms with Gasteiger partial charge in [0.2, 0.25) is 0 Å². The van der Waals surface area contributed by atoms with Crippen molar-refractivity contribution in [3.05, 3.63) is 88.2 Å². The van der Waals surface area contributed by atoms with E-state index in [-0.39, 0.29) is 11.0 Å². The first-order valence-corrected chi connectivity index (χ1v) is 23.7. The number of carboxylic acids is 1. The lowest BCUT2D eigenvalue weighted by Crippen LogP contribution is -2.47. The number of hydrogen-bond acceptors (Lipinski definition) is 7. The highest BCUT2D eigenvalue weighted by Crippen LogP contribution is 2.43. The topological polar surface area (TPSA) is 83.3 Å². The van der Waals surface area contributed by atoms with Gasteiger partial charge in [0.25, 0.3) is 0 Å². The molecular formula is C43H56ClN5O4Si. The van der Waals surface area contributed by atoms with Crippen molar-refractivity contribution in [2.75, 3.05) is 68.9 Å². The summed E-state index contributed by atoms with van der Waals surface area (Å²) < 4.78 is 14.2. The summed E-state index contributed by atoms with van der Waals surface area (Å²) in [6, 6.07) is 19.5. The van der Waals surface area contributed by atoms with E-state index in [1.807, 2.05) is 18.2 Å². The summed E-state index contributed by atoms with van der Waals surface area (Å²) in [6.07, 6.45) is 5.46. The maximum atomic E-state index is 12.7. The molecule has 1 aliphatic carbocycles. The molecule has 0 amide bonds. The Bertz CT molecular complexity index is 2000. The van der Waals surface area contributed by atoms with E-state index in [2.05, 4.69) is 89.3 Å². The third kappa shape index (κ3) is 9.06. The summed E-state index contributed by atoms with van der Waals surface area (Å²) in [5.41, 5.74) is 9.19. The van der Waals surface area contributed by atoms with E-state index in [1.54, 1.807) is 11.6 Å². The fraction of sp³-hybridized carbons (Fsp3) is 0.488. The smallest absolute Gasteiger partial charge is 0.337 e. The first-order valence-electron chi connectivity index (χ1n) is 19.6. The number of anilines is 3. The highest BCUT2D eigenvalue weighted by molar-refractivity contribution is 6.76. The molecule has 3 aliphatic rings. The SMILES string of the molecule is CC1(C)CCC(CN2CCN(c3ccc(C(=O)O)c(N4CCOCc5nc6c(ccn6CCOCC[Si](C)(C)C)cc54)c3)CC2)=C(c2ccc(Cl)cc2)C1. The summed E-state index contributed by atoms with van der Waals surface area (Å²) in [5.74, 6) is -0.942. The van der Waals surface area contributed by atoms with Crippen molar-refractivity contribution in [1.29, 1.82) is 0 Å². The minimum absolute atomic E-state index is 0.278. The molecule has 1 fully saturated rings. The Morgan fingerprint density at radius 1 is 0.981 bits per heavy atom. The van der Waals surface area contributed by atoms with Gasteiger partial charge in [0.1, 0.15) is 5.65 Å². The summed E-state index contributed by atoms with van der Waals surface area (Å²) in [4.78, 5) is 24.8. The maximum Gasteiger partial charge on any atom is 0.337 e. The van der Waals surface area contributed by atoms with Gasteiger partial charge < -0.3 is 28.9 Å². The number of fused-ring (bicyclic) bond motifs is 2. The largest absolute Gasteiger partial charge is 0.478 e. The first kappa shape index (κ1) is 38.6. The molecule has 1 saturated heterocycles. The number of piperazine rings is 1. The number of hydrogen-bond donors (Lipinski definition) is 1. The molecule has 0 bridgehead atoms. The molecule has 11 heteroatoms. The van der Waals surface area contributed by atoms with Crippen LogP contribution >= 0.6 is 11.6 Å². The van der Waals surface area contributed by atoms with E-state index in [0.717, 1.165) is 97.9 Å². The van der Waals surface area contributed by atoms with E-state index >= 15 is 0 Å². The van der Waals surface area contributed by atoms with Crippen LogP contribution in [0.4, 0.5) is 17.1 Å².